The molecular formula is C12H14N. The number of hydrogen-bond acceptors (Lipinski definition) is 1. The molecule has 0 aliphatic heterocycles. The molecule has 1 heterocycles. The summed E-state index contributed by atoms with van der Waals surface area (Å²) in [5.74, 6) is 6.19. The summed E-state index contributed by atoms with van der Waals surface area (Å²) < 4.78 is 0. The van der Waals surface area contributed by atoms with E-state index in [9.17, 15) is 0 Å². The molecule has 0 aromatic carbocycles. The molecule has 0 N–H and O–H groups in total. The Morgan fingerprint density at radius 1 is 1.46 bits per heavy atom. The summed E-state index contributed by atoms with van der Waals surface area (Å²) in [7, 11) is 0. The average molecular weight is 172 g/mol. The molecule has 1 aromatic rings. The number of pyridine rings is 1. The van der Waals surface area contributed by atoms with Gasteiger partial charge in [0.05, 0.1) is 0 Å². The van der Waals surface area contributed by atoms with E-state index in [4.69, 9.17) is 0 Å². The molecule has 0 aliphatic rings. The third-order valence-electron chi connectivity index (χ3n) is 1.74. The third kappa shape index (κ3) is 4.32. The van der Waals surface area contributed by atoms with E-state index < -0.39 is 0 Å². The SMILES string of the molecule is CCCCCC#Cc1c[c]cnc1. The van der Waals surface area contributed by atoms with E-state index in [1.807, 2.05) is 6.07 Å². The Labute approximate surface area is 80.2 Å². The number of unbranched alkanes of at least 4 members (excludes halogenated alkanes) is 3. The predicted molar refractivity (Wildman–Crippen MR) is 54.1 cm³/mol. The fraction of sp³-hybridized carbons (Fsp3) is 0.417. The second-order valence-corrected chi connectivity index (χ2v) is 2.93. The number of rotatable bonds is 3. The molecule has 0 atom stereocenters. The quantitative estimate of drug-likeness (QED) is 0.504. The second-order valence-electron chi connectivity index (χ2n) is 2.93. The lowest BCUT2D eigenvalue weighted by Gasteiger charge is -1.88. The fourth-order valence-electron chi connectivity index (χ4n) is 1.02. The van der Waals surface area contributed by atoms with Crippen molar-refractivity contribution in [3.63, 3.8) is 0 Å². The minimum Gasteiger partial charge on any atom is -0.263 e. The van der Waals surface area contributed by atoms with Crippen LogP contribution >= 0.6 is 0 Å². The Kier molecular flexibility index (Phi) is 4.71. The van der Waals surface area contributed by atoms with Crippen molar-refractivity contribution in [1.29, 1.82) is 0 Å². The number of nitrogens with zero attached hydrogens (tertiary/aromatic N) is 1. The normalized spacial score (nSPS) is 9.00. The van der Waals surface area contributed by atoms with E-state index in [0.29, 0.717) is 0 Å². The van der Waals surface area contributed by atoms with Gasteiger partial charge in [0.2, 0.25) is 0 Å². The van der Waals surface area contributed by atoms with Gasteiger partial charge in [-0.3, -0.25) is 4.98 Å². The first-order valence-corrected chi connectivity index (χ1v) is 4.73. The summed E-state index contributed by atoms with van der Waals surface area (Å²) >= 11 is 0. The molecule has 0 aliphatic carbocycles. The van der Waals surface area contributed by atoms with Crippen LogP contribution in [0.2, 0.25) is 0 Å². The van der Waals surface area contributed by atoms with Crippen LogP contribution in [0.3, 0.4) is 0 Å². The van der Waals surface area contributed by atoms with Crippen molar-refractivity contribution >= 4 is 0 Å². The lowest BCUT2D eigenvalue weighted by atomic mass is 10.2. The number of hydrogen-bond donors (Lipinski definition) is 0. The highest BCUT2D eigenvalue weighted by Crippen LogP contribution is 1.97. The second kappa shape index (κ2) is 6.25. The van der Waals surface area contributed by atoms with Crippen LogP contribution in [-0.2, 0) is 0 Å². The Balaban J connectivity index is 2.31. The minimum atomic E-state index is 0.957. The molecule has 1 nitrogen and oxygen atoms in total. The summed E-state index contributed by atoms with van der Waals surface area (Å²) in [6, 6.07) is 4.76. The summed E-state index contributed by atoms with van der Waals surface area (Å²) in [5, 5.41) is 0. The van der Waals surface area contributed by atoms with Gasteiger partial charge in [0, 0.05) is 30.4 Å². The Morgan fingerprint density at radius 3 is 3.08 bits per heavy atom. The Bertz CT molecular complexity index is 279. The molecule has 1 aromatic heterocycles. The molecule has 0 bridgehead atoms. The molecule has 1 heteroatoms. The molecule has 1 rings (SSSR count). The van der Waals surface area contributed by atoms with E-state index in [-0.39, 0.29) is 0 Å². The highest BCUT2D eigenvalue weighted by molar-refractivity contribution is 5.30. The summed E-state index contributed by atoms with van der Waals surface area (Å²) in [6.45, 7) is 2.20. The summed E-state index contributed by atoms with van der Waals surface area (Å²) in [5.41, 5.74) is 0.957. The Morgan fingerprint density at radius 2 is 2.38 bits per heavy atom. The van der Waals surface area contributed by atoms with Crippen LogP contribution in [-0.4, -0.2) is 4.98 Å². The van der Waals surface area contributed by atoms with Crippen LogP contribution in [0.5, 0.6) is 0 Å². The minimum absolute atomic E-state index is 0.957. The van der Waals surface area contributed by atoms with Gasteiger partial charge in [-0.05, 0) is 12.5 Å². The topological polar surface area (TPSA) is 12.9 Å². The monoisotopic (exact) mass is 172 g/mol. The number of aromatic nitrogens is 1. The maximum Gasteiger partial charge on any atom is 0.0434 e. The van der Waals surface area contributed by atoms with Gasteiger partial charge in [0.15, 0.2) is 0 Å². The van der Waals surface area contributed by atoms with E-state index in [1.54, 1.807) is 12.4 Å². The van der Waals surface area contributed by atoms with Gasteiger partial charge < -0.3 is 0 Å². The van der Waals surface area contributed by atoms with Gasteiger partial charge in [-0.1, -0.05) is 31.6 Å². The van der Waals surface area contributed by atoms with Gasteiger partial charge >= 0.3 is 0 Å². The molecule has 0 unspecified atom stereocenters. The average Bonchev–Trinajstić information content (AvgIpc) is 2.19. The summed E-state index contributed by atoms with van der Waals surface area (Å²) in [6.07, 6.45) is 8.12. The van der Waals surface area contributed by atoms with Crippen LogP contribution in [0.4, 0.5) is 0 Å². The maximum absolute atomic E-state index is 3.94. The first kappa shape index (κ1) is 9.80. The van der Waals surface area contributed by atoms with Crippen LogP contribution in [0.1, 0.15) is 38.2 Å². The van der Waals surface area contributed by atoms with Crippen LogP contribution in [0.15, 0.2) is 18.5 Å². The first-order chi connectivity index (χ1) is 6.43. The van der Waals surface area contributed by atoms with E-state index in [1.165, 1.54) is 19.3 Å². The molecule has 0 amide bonds. The standard InChI is InChI=1S/C12H14N/c1-2-3-4-5-6-8-12-9-7-10-13-11-12/h9-11H,2-5H2,1H3. The van der Waals surface area contributed by atoms with Crippen LogP contribution < -0.4 is 0 Å². The molecule has 0 spiro atoms. The third-order valence-corrected chi connectivity index (χ3v) is 1.74. The smallest absolute Gasteiger partial charge is 0.0434 e. The van der Waals surface area contributed by atoms with Crippen molar-refractivity contribution in [2.75, 3.05) is 0 Å². The van der Waals surface area contributed by atoms with Crippen LogP contribution in [0, 0.1) is 17.9 Å². The van der Waals surface area contributed by atoms with Gasteiger partial charge in [0.1, 0.15) is 0 Å². The van der Waals surface area contributed by atoms with Crippen molar-refractivity contribution in [1.82, 2.24) is 4.98 Å². The van der Waals surface area contributed by atoms with Crippen molar-refractivity contribution < 1.29 is 0 Å². The predicted octanol–water partition coefficient (Wildman–Crippen LogP) is 2.81. The largest absolute Gasteiger partial charge is 0.263 e. The van der Waals surface area contributed by atoms with Crippen molar-refractivity contribution in [2.45, 2.75) is 32.6 Å². The van der Waals surface area contributed by atoms with Gasteiger partial charge in [-0.25, -0.2) is 0 Å². The lowest BCUT2D eigenvalue weighted by Crippen LogP contribution is -1.76. The van der Waals surface area contributed by atoms with Crippen molar-refractivity contribution in [3.05, 3.63) is 30.1 Å². The van der Waals surface area contributed by atoms with E-state index in [0.717, 1.165) is 12.0 Å². The fourth-order valence-corrected chi connectivity index (χ4v) is 1.02. The molecule has 0 saturated heterocycles. The molecule has 13 heavy (non-hydrogen) atoms. The highest BCUT2D eigenvalue weighted by atomic mass is 14.6. The highest BCUT2D eigenvalue weighted by Gasteiger charge is 1.83. The Hall–Kier alpha value is -1.29. The molecule has 0 fully saturated rings. The van der Waals surface area contributed by atoms with Gasteiger partial charge in [-0.15, -0.1) is 0 Å². The van der Waals surface area contributed by atoms with Gasteiger partial charge in [-0.2, -0.15) is 0 Å². The van der Waals surface area contributed by atoms with Gasteiger partial charge in [0.25, 0.3) is 0 Å². The molecule has 1 radical (unpaired) electrons. The zero-order valence-electron chi connectivity index (χ0n) is 8.01. The molecular weight excluding hydrogens is 158 g/mol. The zero-order valence-corrected chi connectivity index (χ0v) is 8.01. The maximum atomic E-state index is 3.94. The molecule has 0 saturated carbocycles. The molecule has 67 valence electrons. The van der Waals surface area contributed by atoms with Crippen molar-refractivity contribution in [2.24, 2.45) is 0 Å². The lowest BCUT2D eigenvalue weighted by molar-refractivity contribution is 0.737. The van der Waals surface area contributed by atoms with E-state index in [2.05, 4.69) is 29.8 Å². The first-order valence-electron chi connectivity index (χ1n) is 4.73. The zero-order chi connectivity index (χ0) is 9.36. The van der Waals surface area contributed by atoms with E-state index >= 15 is 0 Å². The van der Waals surface area contributed by atoms with Crippen LogP contribution in [0.25, 0.3) is 0 Å². The summed E-state index contributed by atoms with van der Waals surface area (Å²) in [4.78, 5) is 3.94. The van der Waals surface area contributed by atoms with Crippen molar-refractivity contribution in [3.8, 4) is 11.8 Å².